The highest BCUT2D eigenvalue weighted by atomic mass is 32.2. The van der Waals surface area contributed by atoms with Crippen LogP contribution in [0.4, 0.5) is 10.8 Å². The Bertz CT molecular complexity index is 717. The fourth-order valence-corrected chi connectivity index (χ4v) is 3.84. The number of aromatic nitrogens is 1. The van der Waals surface area contributed by atoms with E-state index < -0.39 is 10.0 Å². The van der Waals surface area contributed by atoms with E-state index >= 15 is 0 Å². The van der Waals surface area contributed by atoms with E-state index in [-0.39, 0.29) is 4.90 Å². The van der Waals surface area contributed by atoms with E-state index in [0.29, 0.717) is 10.8 Å². The quantitative estimate of drug-likeness (QED) is 0.850. The van der Waals surface area contributed by atoms with E-state index in [1.54, 1.807) is 12.1 Å². The van der Waals surface area contributed by atoms with Gasteiger partial charge < -0.3 is 5.73 Å². The van der Waals surface area contributed by atoms with Crippen molar-refractivity contribution in [2.75, 3.05) is 10.5 Å². The van der Waals surface area contributed by atoms with Crippen LogP contribution >= 0.6 is 11.3 Å². The number of sulfonamides is 1. The van der Waals surface area contributed by atoms with E-state index in [2.05, 4.69) is 9.71 Å². The molecular formula is C13H17N3O2S2. The van der Waals surface area contributed by atoms with Crippen molar-refractivity contribution in [2.24, 2.45) is 0 Å². The second-order valence-electron chi connectivity index (χ2n) is 4.48. The maximum atomic E-state index is 12.3. The largest absolute Gasteiger partial charge is 0.398 e. The Labute approximate surface area is 122 Å². The molecule has 3 N–H and O–H groups in total. The molecule has 0 atom stereocenters. The first-order chi connectivity index (χ1) is 9.33. The summed E-state index contributed by atoms with van der Waals surface area (Å²) in [6.45, 7) is 5.72. The number of nitrogens with zero attached hydrogens (tertiary/aromatic N) is 1. The van der Waals surface area contributed by atoms with Gasteiger partial charge in [-0.2, -0.15) is 0 Å². The Balaban J connectivity index is 2.33. The third kappa shape index (κ3) is 2.94. The lowest BCUT2D eigenvalue weighted by Crippen LogP contribution is -2.13. The van der Waals surface area contributed by atoms with Crippen molar-refractivity contribution in [3.63, 3.8) is 0 Å². The summed E-state index contributed by atoms with van der Waals surface area (Å²) >= 11 is 1.32. The Hall–Kier alpha value is -1.60. The maximum absolute atomic E-state index is 12.3. The molecule has 0 saturated heterocycles. The molecule has 2 rings (SSSR count). The van der Waals surface area contributed by atoms with Gasteiger partial charge in [0.15, 0.2) is 5.13 Å². The zero-order chi connectivity index (χ0) is 14.9. The molecule has 20 heavy (non-hydrogen) atoms. The summed E-state index contributed by atoms with van der Waals surface area (Å²) < 4.78 is 27.0. The Morgan fingerprint density at radius 2 is 2.05 bits per heavy atom. The number of benzene rings is 1. The van der Waals surface area contributed by atoms with Gasteiger partial charge in [-0.25, -0.2) is 13.4 Å². The zero-order valence-corrected chi connectivity index (χ0v) is 13.2. The van der Waals surface area contributed by atoms with Crippen molar-refractivity contribution in [1.82, 2.24) is 4.98 Å². The fraction of sp³-hybridized carbons (Fsp3) is 0.308. The normalized spacial score (nSPS) is 11.6. The summed E-state index contributed by atoms with van der Waals surface area (Å²) in [5, 5.41) is 0.373. The first-order valence-electron chi connectivity index (χ1n) is 6.18. The van der Waals surface area contributed by atoms with Crippen LogP contribution in [-0.2, 0) is 16.4 Å². The van der Waals surface area contributed by atoms with Gasteiger partial charge in [-0.3, -0.25) is 4.72 Å². The van der Waals surface area contributed by atoms with Gasteiger partial charge in [0, 0.05) is 10.6 Å². The summed E-state index contributed by atoms with van der Waals surface area (Å²) in [5.74, 6) is 0. The molecule has 0 unspecified atom stereocenters. The van der Waals surface area contributed by atoms with Crippen LogP contribution in [-0.4, -0.2) is 13.4 Å². The van der Waals surface area contributed by atoms with Crippen LogP contribution in [0.3, 0.4) is 0 Å². The minimum Gasteiger partial charge on any atom is -0.398 e. The van der Waals surface area contributed by atoms with Crippen molar-refractivity contribution < 1.29 is 8.42 Å². The minimum absolute atomic E-state index is 0.151. The molecule has 0 aliphatic heterocycles. The van der Waals surface area contributed by atoms with E-state index in [1.807, 2.05) is 20.8 Å². The lowest BCUT2D eigenvalue weighted by Gasteiger charge is -2.08. The van der Waals surface area contributed by atoms with Gasteiger partial charge in [-0.1, -0.05) is 13.0 Å². The molecular weight excluding hydrogens is 294 g/mol. The molecule has 7 heteroatoms. The molecule has 0 aliphatic carbocycles. The van der Waals surface area contributed by atoms with Crippen molar-refractivity contribution in [1.29, 1.82) is 0 Å². The number of thiazole rings is 1. The molecule has 5 nitrogen and oxygen atoms in total. The number of rotatable bonds is 4. The van der Waals surface area contributed by atoms with Crippen molar-refractivity contribution in [2.45, 2.75) is 32.1 Å². The topological polar surface area (TPSA) is 85.1 Å². The second kappa shape index (κ2) is 5.41. The van der Waals surface area contributed by atoms with Gasteiger partial charge in [0.25, 0.3) is 10.0 Å². The van der Waals surface area contributed by atoms with Crippen molar-refractivity contribution in [3.8, 4) is 0 Å². The number of hydrogen-bond donors (Lipinski definition) is 2. The third-order valence-corrected chi connectivity index (χ3v) is 5.51. The minimum atomic E-state index is -3.65. The van der Waals surface area contributed by atoms with E-state index in [4.69, 9.17) is 5.73 Å². The van der Waals surface area contributed by atoms with Gasteiger partial charge in [-0.05, 0) is 38.0 Å². The van der Waals surface area contributed by atoms with Crippen molar-refractivity contribution >= 4 is 32.2 Å². The van der Waals surface area contributed by atoms with Crippen LogP contribution in [0.2, 0.25) is 0 Å². The highest BCUT2D eigenvalue weighted by Gasteiger charge is 2.17. The summed E-state index contributed by atoms with van der Waals surface area (Å²) in [6, 6.07) is 4.78. The molecule has 0 spiro atoms. The monoisotopic (exact) mass is 311 g/mol. The fourth-order valence-electron chi connectivity index (χ4n) is 1.75. The average Bonchev–Trinajstić information content (AvgIpc) is 2.67. The van der Waals surface area contributed by atoms with Gasteiger partial charge in [0.05, 0.1) is 10.6 Å². The number of nitrogens with two attached hydrogens (primary N) is 1. The summed E-state index contributed by atoms with van der Waals surface area (Å²) in [6.07, 6.45) is 0.768. The number of nitrogens with one attached hydrogen (secondary N) is 1. The lowest BCUT2D eigenvalue weighted by atomic mass is 10.1. The molecule has 1 aromatic heterocycles. The number of anilines is 2. The number of aryl methyl sites for hydroxylation is 3. The first kappa shape index (κ1) is 14.8. The first-order valence-corrected chi connectivity index (χ1v) is 8.48. The van der Waals surface area contributed by atoms with E-state index in [9.17, 15) is 8.42 Å². The molecule has 1 heterocycles. The maximum Gasteiger partial charge on any atom is 0.263 e. The van der Waals surface area contributed by atoms with Gasteiger partial charge in [-0.15, -0.1) is 11.3 Å². The third-order valence-electron chi connectivity index (χ3n) is 3.06. The molecule has 1 aromatic carbocycles. The highest BCUT2D eigenvalue weighted by molar-refractivity contribution is 7.93. The SMILES string of the molecule is CCc1ccc(S(=O)(=O)Nc2nc(C)c(C)s2)cc1N. The standard InChI is InChI=1S/C13H17N3O2S2/c1-4-10-5-6-11(7-12(10)14)20(17,18)16-13-15-8(2)9(3)19-13/h5-7H,4,14H2,1-3H3,(H,15,16). The summed E-state index contributed by atoms with van der Waals surface area (Å²) in [5.41, 5.74) is 8.10. The van der Waals surface area contributed by atoms with Crippen molar-refractivity contribution in [3.05, 3.63) is 34.3 Å². The molecule has 108 valence electrons. The Kier molecular flexibility index (Phi) is 4.01. The molecule has 0 saturated carbocycles. The molecule has 0 fully saturated rings. The molecule has 0 bridgehead atoms. The lowest BCUT2D eigenvalue weighted by molar-refractivity contribution is 0.601. The number of hydrogen-bond acceptors (Lipinski definition) is 5. The summed E-state index contributed by atoms with van der Waals surface area (Å²) in [7, 11) is -3.65. The van der Waals surface area contributed by atoms with Gasteiger partial charge in [0.2, 0.25) is 0 Å². The molecule has 0 radical (unpaired) electrons. The van der Waals surface area contributed by atoms with Crippen LogP contribution in [0.5, 0.6) is 0 Å². The zero-order valence-electron chi connectivity index (χ0n) is 11.6. The van der Waals surface area contributed by atoms with Gasteiger partial charge in [0.1, 0.15) is 0 Å². The van der Waals surface area contributed by atoms with Crippen LogP contribution in [0.25, 0.3) is 0 Å². The summed E-state index contributed by atoms with van der Waals surface area (Å²) in [4.78, 5) is 5.31. The van der Waals surface area contributed by atoms with E-state index in [1.165, 1.54) is 17.4 Å². The molecule has 0 aliphatic rings. The van der Waals surface area contributed by atoms with Crippen LogP contribution < -0.4 is 10.5 Å². The Morgan fingerprint density at radius 3 is 2.55 bits per heavy atom. The van der Waals surface area contributed by atoms with Gasteiger partial charge >= 0.3 is 0 Å². The van der Waals surface area contributed by atoms with Crippen LogP contribution in [0, 0.1) is 13.8 Å². The predicted molar refractivity (Wildman–Crippen MR) is 82.6 cm³/mol. The smallest absolute Gasteiger partial charge is 0.263 e. The molecule has 2 aromatic rings. The second-order valence-corrected chi connectivity index (χ2v) is 7.37. The van der Waals surface area contributed by atoms with Crippen LogP contribution in [0.1, 0.15) is 23.1 Å². The molecule has 0 amide bonds. The highest BCUT2D eigenvalue weighted by Crippen LogP contribution is 2.25. The predicted octanol–water partition coefficient (Wildman–Crippen LogP) is 2.71. The average molecular weight is 311 g/mol. The Morgan fingerprint density at radius 1 is 1.35 bits per heavy atom. The van der Waals surface area contributed by atoms with Crippen LogP contribution in [0.15, 0.2) is 23.1 Å². The van der Waals surface area contributed by atoms with E-state index in [0.717, 1.165) is 22.6 Å². The number of nitrogen functional groups attached to an aromatic ring is 1.